The number of fused-ring (bicyclic) bond motifs is 1. The summed E-state index contributed by atoms with van der Waals surface area (Å²) in [6.45, 7) is 0. The van der Waals surface area contributed by atoms with Crippen molar-refractivity contribution in [3.63, 3.8) is 0 Å². The molecule has 0 unspecified atom stereocenters. The molecule has 0 spiro atoms. The smallest absolute Gasteiger partial charge is 0.264 e. The summed E-state index contributed by atoms with van der Waals surface area (Å²) in [6, 6.07) is 10.3. The largest absolute Gasteiger partial charge is 0.497 e. The lowest BCUT2D eigenvalue weighted by atomic mass is 10.3. The van der Waals surface area contributed by atoms with Crippen LogP contribution in [0.5, 0.6) is 5.75 Å². The molecule has 0 aliphatic heterocycles. The highest BCUT2D eigenvalue weighted by molar-refractivity contribution is 9.11. The summed E-state index contributed by atoms with van der Waals surface area (Å²) < 4.78 is 34.8. The first-order chi connectivity index (χ1) is 10.9. The van der Waals surface area contributed by atoms with E-state index < -0.39 is 10.0 Å². The van der Waals surface area contributed by atoms with Gasteiger partial charge in [-0.1, -0.05) is 27.3 Å². The third kappa shape index (κ3) is 3.52. The number of sulfonamides is 1. The van der Waals surface area contributed by atoms with Crippen molar-refractivity contribution < 1.29 is 13.2 Å². The number of hydrogen-bond donors (Lipinski definition) is 1. The molecule has 0 fully saturated rings. The number of ether oxygens (including phenoxy) is 1. The summed E-state index contributed by atoms with van der Waals surface area (Å²) in [6.07, 6.45) is 0. The van der Waals surface area contributed by atoms with E-state index in [1.54, 1.807) is 31.4 Å². The SMILES string of the molecule is COc1ccc2nc(NS(=O)(=O)c3cc(Br)ccc3Br)sc2c1. The Morgan fingerprint density at radius 1 is 1.17 bits per heavy atom. The molecule has 5 nitrogen and oxygen atoms in total. The van der Waals surface area contributed by atoms with Crippen molar-refractivity contribution in [2.45, 2.75) is 4.90 Å². The number of rotatable bonds is 4. The van der Waals surface area contributed by atoms with Crippen molar-refractivity contribution >= 4 is 68.6 Å². The third-order valence-corrected chi connectivity index (χ3v) is 6.89. The van der Waals surface area contributed by atoms with E-state index in [2.05, 4.69) is 41.6 Å². The normalized spacial score (nSPS) is 11.6. The molecule has 3 rings (SSSR count). The maximum absolute atomic E-state index is 12.6. The van der Waals surface area contributed by atoms with Gasteiger partial charge in [0.15, 0.2) is 5.13 Å². The minimum Gasteiger partial charge on any atom is -0.497 e. The molecular weight excluding hydrogens is 468 g/mol. The van der Waals surface area contributed by atoms with Gasteiger partial charge in [-0.15, -0.1) is 0 Å². The summed E-state index contributed by atoms with van der Waals surface area (Å²) in [5.74, 6) is 0.699. The highest BCUT2D eigenvalue weighted by Crippen LogP contribution is 2.32. The fraction of sp³-hybridized carbons (Fsp3) is 0.0714. The quantitative estimate of drug-likeness (QED) is 0.594. The molecule has 0 aliphatic carbocycles. The Labute approximate surface area is 154 Å². The Kier molecular flexibility index (Phi) is 4.63. The van der Waals surface area contributed by atoms with Crippen LogP contribution in [0.1, 0.15) is 0 Å². The van der Waals surface area contributed by atoms with E-state index in [-0.39, 0.29) is 4.90 Å². The zero-order valence-corrected chi connectivity index (χ0v) is 16.5. The number of methoxy groups -OCH3 is 1. The van der Waals surface area contributed by atoms with Crippen molar-refractivity contribution in [3.8, 4) is 5.75 Å². The molecule has 0 saturated heterocycles. The minimum absolute atomic E-state index is 0.142. The first-order valence-electron chi connectivity index (χ1n) is 6.31. The van der Waals surface area contributed by atoms with E-state index >= 15 is 0 Å². The highest BCUT2D eigenvalue weighted by Gasteiger charge is 2.20. The predicted octanol–water partition coefficient (Wildman–Crippen LogP) is 4.63. The zero-order valence-electron chi connectivity index (χ0n) is 11.7. The second-order valence-corrected chi connectivity index (χ2v) is 8.98. The summed E-state index contributed by atoms with van der Waals surface area (Å²) in [5, 5.41) is 0.306. The molecule has 0 saturated carbocycles. The van der Waals surface area contributed by atoms with E-state index in [0.29, 0.717) is 25.3 Å². The van der Waals surface area contributed by atoms with Crippen LogP contribution in [0, 0.1) is 0 Å². The third-order valence-electron chi connectivity index (χ3n) is 3.00. The second kappa shape index (κ2) is 6.39. The van der Waals surface area contributed by atoms with Crippen LogP contribution >= 0.6 is 43.2 Å². The molecule has 1 N–H and O–H groups in total. The van der Waals surface area contributed by atoms with E-state index in [1.165, 1.54) is 17.4 Å². The number of halogens is 2. The molecular formula is C14H10Br2N2O3S2. The average Bonchev–Trinajstić information content (AvgIpc) is 2.89. The van der Waals surface area contributed by atoms with Crippen LogP contribution in [0.4, 0.5) is 5.13 Å². The van der Waals surface area contributed by atoms with Crippen LogP contribution in [-0.4, -0.2) is 20.5 Å². The van der Waals surface area contributed by atoms with Crippen molar-refractivity contribution in [2.24, 2.45) is 0 Å². The van der Waals surface area contributed by atoms with Crippen LogP contribution in [0.2, 0.25) is 0 Å². The molecule has 0 bridgehead atoms. The van der Waals surface area contributed by atoms with E-state index in [0.717, 1.165) is 4.70 Å². The van der Waals surface area contributed by atoms with Crippen LogP contribution in [-0.2, 0) is 10.0 Å². The molecule has 0 aliphatic rings. The number of nitrogens with zero attached hydrogens (tertiary/aromatic N) is 1. The molecule has 3 aromatic rings. The Bertz CT molecular complexity index is 987. The van der Waals surface area contributed by atoms with E-state index in [1.807, 2.05) is 6.07 Å². The number of aromatic nitrogens is 1. The Balaban J connectivity index is 1.98. The maximum Gasteiger partial charge on any atom is 0.264 e. The summed E-state index contributed by atoms with van der Waals surface area (Å²) >= 11 is 7.79. The summed E-state index contributed by atoms with van der Waals surface area (Å²) in [5.41, 5.74) is 0.710. The number of benzene rings is 2. The Hall–Kier alpha value is -1.16. The minimum atomic E-state index is -3.74. The van der Waals surface area contributed by atoms with Gasteiger partial charge in [-0.3, -0.25) is 4.72 Å². The Morgan fingerprint density at radius 2 is 1.96 bits per heavy atom. The van der Waals surface area contributed by atoms with Crippen molar-refractivity contribution in [1.82, 2.24) is 4.98 Å². The first kappa shape index (κ1) is 16.7. The molecule has 23 heavy (non-hydrogen) atoms. The van der Waals surface area contributed by atoms with Crippen LogP contribution in [0.25, 0.3) is 10.2 Å². The number of thiazole rings is 1. The van der Waals surface area contributed by atoms with Gasteiger partial charge in [-0.05, 0) is 52.3 Å². The van der Waals surface area contributed by atoms with Crippen LogP contribution in [0.15, 0.2) is 50.2 Å². The summed E-state index contributed by atoms with van der Waals surface area (Å²) in [4.78, 5) is 4.44. The van der Waals surface area contributed by atoms with Gasteiger partial charge in [0.2, 0.25) is 0 Å². The van der Waals surface area contributed by atoms with Gasteiger partial charge in [0.05, 0.1) is 17.3 Å². The topological polar surface area (TPSA) is 68.3 Å². The summed E-state index contributed by atoms with van der Waals surface area (Å²) in [7, 11) is -2.16. The van der Waals surface area contributed by atoms with E-state index in [4.69, 9.17) is 4.74 Å². The molecule has 1 aromatic heterocycles. The number of hydrogen-bond acceptors (Lipinski definition) is 5. The molecule has 0 atom stereocenters. The lowest BCUT2D eigenvalue weighted by Crippen LogP contribution is -2.13. The molecule has 2 aromatic carbocycles. The molecule has 1 heterocycles. The van der Waals surface area contributed by atoms with Crippen LogP contribution in [0.3, 0.4) is 0 Å². The number of anilines is 1. The average molecular weight is 478 g/mol. The predicted molar refractivity (Wildman–Crippen MR) is 98.8 cm³/mol. The second-order valence-electron chi connectivity index (χ2n) is 4.53. The van der Waals surface area contributed by atoms with Gasteiger partial charge in [-0.2, -0.15) is 0 Å². The van der Waals surface area contributed by atoms with Gasteiger partial charge in [0.25, 0.3) is 10.0 Å². The molecule has 0 radical (unpaired) electrons. The lowest BCUT2D eigenvalue weighted by Gasteiger charge is -2.07. The van der Waals surface area contributed by atoms with Gasteiger partial charge in [-0.25, -0.2) is 13.4 Å². The fourth-order valence-corrected chi connectivity index (χ4v) is 5.56. The van der Waals surface area contributed by atoms with Crippen molar-refractivity contribution in [1.29, 1.82) is 0 Å². The van der Waals surface area contributed by atoms with Gasteiger partial charge in [0.1, 0.15) is 10.6 Å². The zero-order chi connectivity index (χ0) is 16.6. The van der Waals surface area contributed by atoms with Crippen molar-refractivity contribution in [2.75, 3.05) is 11.8 Å². The van der Waals surface area contributed by atoms with E-state index in [9.17, 15) is 8.42 Å². The molecule has 120 valence electrons. The monoisotopic (exact) mass is 476 g/mol. The molecule has 0 amide bonds. The standard InChI is InChI=1S/C14H10Br2N2O3S2/c1-21-9-3-5-11-12(7-9)22-14(17-11)18-23(19,20)13-6-8(15)2-4-10(13)16/h2-7H,1H3,(H,17,18). The van der Waals surface area contributed by atoms with Gasteiger partial charge in [0, 0.05) is 8.95 Å². The van der Waals surface area contributed by atoms with Gasteiger partial charge >= 0.3 is 0 Å². The number of nitrogens with one attached hydrogen (secondary N) is 1. The van der Waals surface area contributed by atoms with Crippen molar-refractivity contribution in [3.05, 3.63) is 45.3 Å². The Morgan fingerprint density at radius 3 is 2.70 bits per heavy atom. The lowest BCUT2D eigenvalue weighted by molar-refractivity contribution is 0.415. The highest BCUT2D eigenvalue weighted by atomic mass is 79.9. The van der Waals surface area contributed by atoms with Crippen LogP contribution < -0.4 is 9.46 Å². The molecule has 9 heteroatoms. The maximum atomic E-state index is 12.6. The van der Waals surface area contributed by atoms with Gasteiger partial charge < -0.3 is 4.74 Å². The fourth-order valence-electron chi connectivity index (χ4n) is 1.93. The first-order valence-corrected chi connectivity index (χ1v) is 10.2.